The van der Waals surface area contributed by atoms with Crippen molar-refractivity contribution in [2.75, 3.05) is 59.5 Å². The average molecular weight is 1440 g/mol. The van der Waals surface area contributed by atoms with Crippen LogP contribution in [0.1, 0.15) is 20.8 Å². The van der Waals surface area contributed by atoms with Gasteiger partial charge >= 0.3 is 0 Å². The lowest BCUT2D eigenvalue weighted by Gasteiger charge is -2.51. The first-order chi connectivity index (χ1) is 46.4. The first kappa shape index (κ1) is 82.2. The van der Waals surface area contributed by atoms with Crippen LogP contribution in [0.4, 0.5) is 0 Å². The summed E-state index contributed by atoms with van der Waals surface area (Å²) in [5, 5.41) is 267. The third-order valence-corrected chi connectivity index (χ3v) is 17.5. The highest BCUT2D eigenvalue weighted by atomic mass is 16.8. The number of carbonyl (C=O) groups is 3. The Morgan fingerprint density at radius 3 is 0.847 bits per heavy atom. The molecule has 0 saturated carbocycles. The molecule has 0 spiro atoms. The molecule has 98 heavy (non-hydrogen) atoms. The van der Waals surface area contributed by atoms with Gasteiger partial charge in [-0.05, 0) is 0 Å². The number of hydrogen-bond acceptors (Lipinski definition) is 41. The molecule has 7 aliphatic rings. The first-order valence-corrected chi connectivity index (χ1v) is 31.1. The van der Waals surface area contributed by atoms with Gasteiger partial charge in [0.2, 0.25) is 17.7 Å². The minimum atomic E-state index is -2.34. The molecule has 570 valence electrons. The number of rotatable bonds is 29. The van der Waals surface area contributed by atoms with Crippen molar-refractivity contribution in [3.05, 3.63) is 0 Å². The van der Waals surface area contributed by atoms with Gasteiger partial charge in [-0.15, -0.1) is 0 Å². The summed E-state index contributed by atoms with van der Waals surface area (Å²) < 4.78 is 81.0. The van der Waals surface area contributed by atoms with Crippen LogP contribution >= 0.6 is 0 Å². The summed E-state index contributed by atoms with van der Waals surface area (Å²) in [6, 6.07) is -5.60. The van der Waals surface area contributed by atoms with Crippen molar-refractivity contribution in [3.63, 3.8) is 0 Å². The van der Waals surface area contributed by atoms with Crippen molar-refractivity contribution < 1.29 is 203 Å². The van der Waals surface area contributed by atoms with Crippen LogP contribution in [0.3, 0.4) is 0 Å². The summed E-state index contributed by atoms with van der Waals surface area (Å²) in [5.74, 6) is -2.73. The Kier molecular flexibility index (Phi) is 30.6. The van der Waals surface area contributed by atoms with E-state index in [4.69, 9.17) is 66.3 Å². The lowest BCUT2D eigenvalue weighted by molar-refractivity contribution is -0.388. The molecule has 0 bridgehead atoms. The van der Waals surface area contributed by atoms with Crippen LogP contribution in [0.15, 0.2) is 0 Å². The normalized spacial score (nSPS) is 46.1. The molecular weight excluding hydrogens is 1350 g/mol. The standard InChI is InChI=1S/C54H93N3O41/c1-13(67)55-25-33(77)42(93-51-37(81)36(80)29(73)18(6-60)85-51)22(10-64)89-48(25)97-46-31(75)20(8-62)87-53(39(46)83)95-44-24(12-66)91-50(27(35(44)79)57-15(3)69)98-47-32(76)21(9-63)88-54(40(47)84)94-43-23(11-65)90-49(26(34(43)78)56-14(2)68)96-45-30(74)19(7-61)86-52(38(45)82)92-41(17(71)5-59)28(72)16(70)4-58/h16-54,58-66,70-84H,4-12H2,1-3H3,(H,55,67)(H,56,68)(H,57,69)/t16-,17+,18+,19+,20+,21+,22+,23+,24+,25+,26+,27+,28+,29-,30-,31-,32-,33+,34+,35+,36-,37+,38+,39+,40+,41+,42+,43+,44+,45-,46-,47-,48-,49-,50-,51-,52-,53-,54-/m0/s1. The maximum atomic E-state index is 12.9. The topological polar surface area (TPSA) is 702 Å². The zero-order valence-electron chi connectivity index (χ0n) is 52.6. The maximum Gasteiger partial charge on any atom is 0.217 e. The van der Waals surface area contributed by atoms with E-state index >= 15 is 0 Å². The predicted molar refractivity (Wildman–Crippen MR) is 301 cm³/mol. The summed E-state index contributed by atoms with van der Waals surface area (Å²) >= 11 is 0. The van der Waals surface area contributed by atoms with E-state index in [0.29, 0.717) is 0 Å². The lowest BCUT2D eigenvalue weighted by atomic mass is 9.93. The molecule has 7 saturated heterocycles. The van der Waals surface area contributed by atoms with E-state index in [0.717, 1.165) is 20.8 Å². The van der Waals surface area contributed by atoms with E-state index in [1.54, 1.807) is 0 Å². The Hall–Kier alpha value is -3.11. The summed E-state index contributed by atoms with van der Waals surface area (Å²) in [5.41, 5.74) is 0. The molecule has 27 N–H and O–H groups in total. The second-order valence-electron chi connectivity index (χ2n) is 24.3. The number of carbonyl (C=O) groups excluding carboxylic acids is 3. The molecule has 7 rings (SSSR count). The molecule has 0 aromatic rings. The average Bonchev–Trinajstić information content (AvgIpc) is 0.774. The monoisotopic (exact) mass is 1440 g/mol. The molecule has 44 heteroatoms. The number of ether oxygens (including phenoxy) is 14. The van der Waals surface area contributed by atoms with E-state index in [1.807, 2.05) is 0 Å². The van der Waals surface area contributed by atoms with Gasteiger partial charge < -0.3 is 205 Å². The van der Waals surface area contributed by atoms with Crippen molar-refractivity contribution in [3.8, 4) is 0 Å². The van der Waals surface area contributed by atoms with Crippen molar-refractivity contribution in [1.82, 2.24) is 16.0 Å². The first-order valence-electron chi connectivity index (χ1n) is 31.1. The molecule has 3 amide bonds. The van der Waals surface area contributed by atoms with Gasteiger partial charge in [-0.3, -0.25) is 14.4 Å². The molecule has 0 unspecified atom stereocenters. The van der Waals surface area contributed by atoms with Crippen molar-refractivity contribution in [1.29, 1.82) is 0 Å². The van der Waals surface area contributed by atoms with Gasteiger partial charge in [-0.1, -0.05) is 0 Å². The minimum Gasteiger partial charge on any atom is -0.394 e. The Balaban J connectivity index is 1.08. The van der Waals surface area contributed by atoms with Crippen LogP contribution in [-0.2, 0) is 80.7 Å². The predicted octanol–water partition coefficient (Wildman–Crippen LogP) is -18.4. The Morgan fingerprint density at radius 1 is 0.306 bits per heavy atom. The van der Waals surface area contributed by atoms with Crippen molar-refractivity contribution >= 4 is 17.7 Å². The highest BCUT2D eigenvalue weighted by molar-refractivity contribution is 5.74. The number of aliphatic hydroxyl groups is 24. The quantitative estimate of drug-likeness (QED) is 0.0331. The Morgan fingerprint density at radius 2 is 0.561 bits per heavy atom. The van der Waals surface area contributed by atoms with Crippen LogP contribution < -0.4 is 16.0 Å². The van der Waals surface area contributed by atoms with E-state index in [9.17, 15) is 137 Å². The summed E-state index contributed by atoms with van der Waals surface area (Å²) in [7, 11) is 0. The number of aliphatic hydroxyl groups excluding tert-OH is 24. The lowest BCUT2D eigenvalue weighted by Crippen LogP contribution is -2.71. The third-order valence-electron chi connectivity index (χ3n) is 17.5. The van der Waals surface area contributed by atoms with E-state index in [2.05, 4.69) is 16.0 Å². The smallest absolute Gasteiger partial charge is 0.217 e. The van der Waals surface area contributed by atoms with E-state index in [1.165, 1.54) is 0 Å². The van der Waals surface area contributed by atoms with Crippen LogP contribution in [0, 0.1) is 0 Å². The molecule has 0 aliphatic carbocycles. The van der Waals surface area contributed by atoms with E-state index in [-0.39, 0.29) is 0 Å². The van der Waals surface area contributed by atoms with Crippen molar-refractivity contribution in [2.45, 2.75) is 260 Å². The fraction of sp³-hybridized carbons (Fsp3) is 0.944. The van der Waals surface area contributed by atoms with Gasteiger partial charge in [0.05, 0.1) is 59.5 Å². The van der Waals surface area contributed by atoms with Crippen molar-refractivity contribution in [2.24, 2.45) is 0 Å². The van der Waals surface area contributed by atoms with Crippen LogP contribution in [0.25, 0.3) is 0 Å². The van der Waals surface area contributed by atoms with Gasteiger partial charge in [-0.2, -0.15) is 0 Å². The zero-order chi connectivity index (χ0) is 72.6. The second-order valence-corrected chi connectivity index (χ2v) is 24.3. The van der Waals surface area contributed by atoms with Gasteiger partial charge in [0.15, 0.2) is 44.0 Å². The van der Waals surface area contributed by atoms with Crippen LogP contribution in [0.5, 0.6) is 0 Å². The molecule has 44 nitrogen and oxygen atoms in total. The third kappa shape index (κ3) is 18.3. The van der Waals surface area contributed by atoms with Gasteiger partial charge in [0.25, 0.3) is 0 Å². The van der Waals surface area contributed by atoms with E-state index < -0.39 is 316 Å². The molecule has 0 aromatic heterocycles. The number of nitrogens with one attached hydrogen (secondary N) is 3. The summed E-state index contributed by atoms with van der Waals surface area (Å²) in [4.78, 5) is 38.2. The highest BCUT2D eigenvalue weighted by Crippen LogP contribution is 2.39. The Labute approximate surface area is 555 Å². The molecule has 7 aliphatic heterocycles. The minimum absolute atomic E-state index is 0.868. The van der Waals surface area contributed by atoms with Gasteiger partial charge in [0.1, 0.15) is 195 Å². The molecule has 39 atom stereocenters. The fourth-order valence-corrected chi connectivity index (χ4v) is 12.3. The molecule has 0 radical (unpaired) electrons. The fourth-order valence-electron chi connectivity index (χ4n) is 12.3. The molecule has 7 fully saturated rings. The largest absolute Gasteiger partial charge is 0.394 e. The zero-order valence-corrected chi connectivity index (χ0v) is 52.6. The summed E-state index contributed by atoms with van der Waals surface area (Å²) in [6.07, 6.45) is -72.6. The SMILES string of the molecule is CC(=O)N[C@H]1[C@H](O[C@H]2[C@@H](O)[C@@H](CO)O[C@@H](O[C@H]3[C@H](O)[C@@H](NC(C)=O)[C@H](O[C@H]4[C@@H](O)[C@@H](CO)O[C@@H](O[C@H]5[C@H](O)[C@@H](NC(C)=O)[C@H](O[C@H]6[C@@H](O)[C@@H](CO)O[C@@H](O[C@@H]([C@H](O)[C@@H](O)CO)[C@H](O)CO)[C@@H]6O)O[C@@H]5CO)[C@@H]4O)O[C@@H]3CO)[C@@H]2O)O[C@H](CO)[C@@H](O[C@@H]2O[C@H](CO)[C@H](O)[C@H](O)[C@H]2O)[C@@H]1O. The van der Waals surface area contributed by atoms with Crippen LogP contribution in [-0.4, -0.2) is 439 Å². The molecule has 0 aromatic carbocycles. The van der Waals surface area contributed by atoms with Gasteiger partial charge in [-0.25, -0.2) is 0 Å². The number of amides is 3. The van der Waals surface area contributed by atoms with Crippen LogP contribution in [0.2, 0.25) is 0 Å². The number of hydrogen-bond donors (Lipinski definition) is 27. The molecular formula is C54H93N3O41. The maximum absolute atomic E-state index is 12.9. The summed E-state index contributed by atoms with van der Waals surface area (Å²) in [6.45, 7) is -6.81. The molecule has 7 heterocycles. The van der Waals surface area contributed by atoms with Gasteiger partial charge in [0, 0.05) is 20.8 Å². The highest BCUT2D eigenvalue weighted by Gasteiger charge is 2.60. The Bertz CT molecular complexity index is 2460. The second kappa shape index (κ2) is 36.5.